The van der Waals surface area contributed by atoms with Crippen LogP contribution in [0.4, 0.5) is 5.69 Å². The minimum Gasteiger partial charge on any atom is -0.494 e. The van der Waals surface area contributed by atoms with Crippen molar-refractivity contribution in [1.29, 1.82) is 0 Å². The zero-order valence-electron chi connectivity index (χ0n) is 16.5. The Morgan fingerprint density at radius 3 is 2.57 bits per heavy atom. The summed E-state index contributed by atoms with van der Waals surface area (Å²) >= 11 is 0. The summed E-state index contributed by atoms with van der Waals surface area (Å²) in [5, 5.41) is 14.6. The number of hydrogen-bond donors (Lipinski definition) is 4. The second-order valence-corrected chi connectivity index (χ2v) is 7.00. The quantitative estimate of drug-likeness (QED) is 0.371. The lowest BCUT2D eigenvalue weighted by atomic mass is 10.00. The molecule has 1 heterocycles. The Kier molecular flexibility index (Phi) is 5.32. The number of benzene rings is 3. The van der Waals surface area contributed by atoms with E-state index in [4.69, 9.17) is 10.7 Å². The standard InChI is InChI=1S/C24H22N4O2/c1-26-14-15-6-5-9-18(12-15)27-22(16-7-3-2-4-8-16)21-19-11-10-17(23(25)29)13-20(19)28-24(21)30/h2-13,26,28,30H,14H2,1H3,(H2,25,29). The Morgan fingerprint density at radius 2 is 1.83 bits per heavy atom. The van der Waals surface area contributed by atoms with Crippen molar-refractivity contribution in [2.45, 2.75) is 6.54 Å². The highest BCUT2D eigenvalue weighted by molar-refractivity contribution is 6.22. The SMILES string of the molecule is CNCc1cccc(N=C(c2ccccc2)c2c(O)[nH]c3cc(C(N)=O)ccc23)c1. The highest BCUT2D eigenvalue weighted by Gasteiger charge is 2.19. The first-order valence-electron chi connectivity index (χ1n) is 9.59. The number of H-pyrrole nitrogens is 1. The molecule has 1 aromatic heterocycles. The molecule has 0 fully saturated rings. The van der Waals surface area contributed by atoms with Crippen LogP contribution in [0.5, 0.6) is 5.88 Å². The van der Waals surface area contributed by atoms with Crippen LogP contribution in [0.2, 0.25) is 0 Å². The van der Waals surface area contributed by atoms with Crippen LogP contribution in [0, 0.1) is 0 Å². The first kappa shape index (κ1) is 19.4. The van der Waals surface area contributed by atoms with Crippen LogP contribution >= 0.6 is 0 Å². The van der Waals surface area contributed by atoms with E-state index in [2.05, 4.69) is 10.3 Å². The number of fused-ring (bicyclic) bond motifs is 1. The number of amides is 1. The second kappa shape index (κ2) is 8.23. The van der Waals surface area contributed by atoms with Gasteiger partial charge in [-0.1, -0.05) is 48.5 Å². The monoisotopic (exact) mass is 398 g/mol. The van der Waals surface area contributed by atoms with Crippen molar-refractivity contribution in [2.75, 3.05) is 7.05 Å². The molecule has 0 spiro atoms. The zero-order chi connectivity index (χ0) is 21.1. The van der Waals surface area contributed by atoms with Gasteiger partial charge in [0.25, 0.3) is 0 Å². The average molecular weight is 398 g/mol. The molecule has 0 saturated heterocycles. The highest BCUT2D eigenvalue weighted by atomic mass is 16.3. The number of primary amides is 1. The van der Waals surface area contributed by atoms with E-state index in [1.165, 1.54) is 0 Å². The van der Waals surface area contributed by atoms with Gasteiger partial charge in [0.1, 0.15) is 0 Å². The molecular weight excluding hydrogens is 376 g/mol. The molecular formula is C24H22N4O2. The minimum absolute atomic E-state index is 0.0133. The lowest BCUT2D eigenvalue weighted by Crippen LogP contribution is -2.10. The molecule has 4 rings (SSSR count). The van der Waals surface area contributed by atoms with Crippen LogP contribution in [0.25, 0.3) is 10.9 Å². The smallest absolute Gasteiger partial charge is 0.248 e. The zero-order valence-corrected chi connectivity index (χ0v) is 16.5. The van der Waals surface area contributed by atoms with Gasteiger partial charge in [0, 0.05) is 28.6 Å². The van der Waals surface area contributed by atoms with E-state index in [0.29, 0.717) is 22.4 Å². The Labute approximate surface area is 174 Å². The average Bonchev–Trinajstić information content (AvgIpc) is 3.08. The van der Waals surface area contributed by atoms with Crippen LogP contribution in [-0.4, -0.2) is 28.8 Å². The van der Waals surface area contributed by atoms with E-state index in [1.807, 2.05) is 61.6 Å². The van der Waals surface area contributed by atoms with E-state index in [0.717, 1.165) is 28.7 Å². The summed E-state index contributed by atoms with van der Waals surface area (Å²) in [5.74, 6) is -0.536. The number of nitrogens with one attached hydrogen (secondary N) is 2. The molecule has 0 aliphatic heterocycles. The van der Waals surface area contributed by atoms with Gasteiger partial charge in [-0.3, -0.25) is 4.79 Å². The summed E-state index contributed by atoms with van der Waals surface area (Å²) in [6.45, 7) is 0.734. The van der Waals surface area contributed by atoms with Gasteiger partial charge < -0.3 is 21.1 Å². The van der Waals surface area contributed by atoms with Gasteiger partial charge in [-0.05, 0) is 36.9 Å². The van der Waals surface area contributed by atoms with Gasteiger partial charge in [-0.25, -0.2) is 4.99 Å². The van der Waals surface area contributed by atoms with Crippen LogP contribution in [-0.2, 0) is 6.54 Å². The molecule has 0 unspecified atom stereocenters. The Bertz CT molecular complexity index is 1240. The molecule has 0 bridgehead atoms. The first-order valence-corrected chi connectivity index (χ1v) is 9.59. The highest BCUT2D eigenvalue weighted by Crippen LogP contribution is 2.32. The largest absolute Gasteiger partial charge is 0.494 e. The molecule has 150 valence electrons. The van der Waals surface area contributed by atoms with Crippen LogP contribution < -0.4 is 11.1 Å². The van der Waals surface area contributed by atoms with Gasteiger partial charge in [-0.2, -0.15) is 0 Å². The molecule has 0 atom stereocenters. The number of rotatable bonds is 6. The summed E-state index contributed by atoms with van der Waals surface area (Å²) in [5.41, 5.74) is 10.4. The maximum Gasteiger partial charge on any atom is 0.248 e. The van der Waals surface area contributed by atoms with Gasteiger partial charge in [0.15, 0.2) is 5.88 Å². The molecule has 0 aliphatic carbocycles. The van der Waals surface area contributed by atoms with E-state index in [-0.39, 0.29) is 5.88 Å². The van der Waals surface area contributed by atoms with Gasteiger partial charge >= 0.3 is 0 Å². The predicted octanol–water partition coefficient (Wildman–Crippen LogP) is 3.86. The number of nitrogens with zero attached hydrogens (tertiary/aromatic N) is 1. The molecule has 0 aliphatic rings. The number of aromatic hydroxyl groups is 1. The molecule has 1 amide bonds. The maximum atomic E-state index is 11.5. The lowest BCUT2D eigenvalue weighted by molar-refractivity contribution is 0.100. The number of aromatic amines is 1. The number of aliphatic imine (C=N–C) groups is 1. The molecule has 3 aromatic carbocycles. The van der Waals surface area contributed by atoms with E-state index >= 15 is 0 Å². The van der Waals surface area contributed by atoms with Crippen molar-refractivity contribution in [3.8, 4) is 5.88 Å². The van der Waals surface area contributed by atoms with Crippen LogP contribution in [0.1, 0.15) is 27.0 Å². The van der Waals surface area contributed by atoms with Crippen molar-refractivity contribution in [2.24, 2.45) is 10.7 Å². The molecule has 0 saturated carbocycles. The van der Waals surface area contributed by atoms with E-state index in [9.17, 15) is 9.90 Å². The third-order valence-corrected chi connectivity index (χ3v) is 4.88. The van der Waals surface area contributed by atoms with Crippen molar-refractivity contribution < 1.29 is 9.90 Å². The number of hydrogen-bond acceptors (Lipinski definition) is 4. The molecule has 5 N–H and O–H groups in total. The normalized spacial score (nSPS) is 11.7. The number of carbonyl (C=O) groups excluding carboxylic acids is 1. The first-order chi connectivity index (χ1) is 14.6. The Morgan fingerprint density at radius 1 is 1.03 bits per heavy atom. The van der Waals surface area contributed by atoms with Crippen molar-refractivity contribution in [3.05, 3.63) is 95.1 Å². The molecule has 6 nitrogen and oxygen atoms in total. The third-order valence-electron chi connectivity index (χ3n) is 4.88. The van der Waals surface area contributed by atoms with Crippen molar-refractivity contribution in [1.82, 2.24) is 10.3 Å². The van der Waals surface area contributed by atoms with Crippen LogP contribution in [0.15, 0.2) is 77.8 Å². The van der Waals surface area contributed by atoms with Gasteiger partial charge in [0.2, 0.25) is 5.91 Å². The molecule has 0 radical (unpaired) electrons. The lowest BCUT2D eigenvalue weighted by Gasteiger charge is -2.09. The van der Waals surface area contributed by atoms with Crippen molar-refractivity contribution in [3.63, 3.8) is 0 Å². The van der Waals surface area contributed by atoms with E-state index in [1.54, 1.807) is 18.2 Å². The number of carbonyl (C=O) groups is 1. The second-order valence-electron chi connectivity index (χ2n) is 7.00. The van der Waals surface area contributed by atoms with E-state index < -0.39 is 5.91 Å². The summed E-state index contributed by atoms with van der Waals surface area (Å²) in [4.78, 5) is 19.4. The summed E-state index contributed by atoms with van der Waals surface area (Å²) in [6, 6.07) is 22.7. The predicted molar refractivity (Wildman–Crippen MR) is 119 cm³/mol. The summed E-state index contributed by atoms with van der Waals surface area (Å²) < 4.78 is 0. The van der Waals surface area contributed by atoms with Gasteiger partial charge in [0.05, 0.1) is 17.0 Å². The number of aromatic nitrogens is 1. The Hall–Kier alpha value is -3.90. The minimum atomic E-state index is -0.522. The number of nitrogens with two attached hydrogens (primary N) is 1. The van der Waals surface area contributed by atoms with Crippen molar-refractivity contribution >= 4 is 28.2 Å². The van der Waals surface area contributed by atoms with Crippen LogP contribution in [0.3, 0.4) is 0 Å². The summed E-state index contributed by atoms with van der Waals surface area (Å²) in [7, 11) is 1.90. The Balaban J connectivity index is 1.93. The fraction of sp³-hybridized carbons (Fsp3) is 0.0833. The third kappa shape index (κ3) is 3.81. The topological polar surface area (TPSA) is 104 Å². The summed E-state index contributed by atoms with van der Waals surface area (Å²) in [6.07, 6.45) is 0. The van der Waals surface area contributed by atoms with Gasteiger partial charge in [-0.15, -0.1) is 0 Å². The maximum absolute atomic E-state index is 11.5. The molecule has 6 heteroatoms. The molecule has 30 heavy (non-hydrogen) atoms. The molecule has 4 aromatic rings. The fourth-order valence-electron chi connectivity index (χ4n) is 3.51. The fourth-order valence-corrected chi connectivity index (χ4v) is 3.51.